The molecule has 7 heteroatoms. The van der Waals surface area contributed by atoms with E-state index in [1.54, 1.807) is 13.0 Å². The third kappa shape index (κ3) is 3.55. The fraction of sp³-hybridized carbons (Fsp3) is 0.111. The van der Waals surface area contributed by atoms with Crippen LogP contribution in [0, 0.1) is 17.5 Å². The molecule has 1 N–H and O–H groups in total. The Kier molecular flexibility index (Phi) is 4.56. The maximum absolute atomic E-state index is 13.7. The molecule has 0 saturated heterocycles. The number of aromatic nitrogens is 1. The minimum absolute atomic E-state index is 0.0484. The highest BCUT2D eigenvalue weighted by molar-refractivity contribution is 5.93. The summed E-state index contributed by atoms with van der Waals surface area (Å²) < 4.78 is 45.0. The van der Waals surface area contributed by atoms with E-state index < -0.39 is 29.4 Å². The molecular weight excluding hydrogens is 333 g/mol. The molecule has 0 saturated carbocycles. The summed E-state index contributed by atoms with van der Waals surface area (Å²) >= 11 is 0. The molecule has 0 bridgehead atoms. The molecule has 0 unspecified atom stereocenters. The van der Waals surface area contributed by atoms with Crippen LogP contribution in [0.3, 0.4) is 0 Å². The second kappa shape index (κ2) is 6.80. The summed E-state index contributed by atoms with van der Waals surface area (Å²) in [6.07, 6.45) is 0. The van der Waals surface area contributed by atoms with Crippen LogP contribution < -0.4 is 5.32 Å². The minimum atomic E-state index is -0.998. The van der Waals surface area contributed by atoms with E-state index in [0.717, 1.165) is 12.1 Å². The smallest absolute Gasteiger partial charge is 0.273 e. The Morgan fingerprint density at radius 1 is 1.04 bits per heavy atom. The van der Waals surface area contributed by atoms with E-state index in [2.05, 4.69) is 10.5 Å². The van der Waals surface area contributed by atoms with Crippen molar-refractivity contribution in [1.82, 2.24) is 10.5 Å². The number of amides is 1. The van der Waals surface area contributed by atoms with Crippen molar-refractivity contribution in [3.05, 3.63) is 77.2 Å². The largest absolute Gasteiger partial charge is 0.355 e. The van der Waals surface area contributed by atoms with E-state index >= 15 is 0 Å². The van der Waals surface area contributed by atoms with Crippen LogP contribution in [0.1, 0.15) is 29.0 Å². The molecule has 0 spiro atoms. The standard InChI is InChI=1S/C18H13F3N2O2/c1-10(11-6-7-14(20)15(21)8-11)22-18(24)16-9-17(25-23-16)12-4-2-3-5-13(12)19/h2-10H,1H3,(H,22,24)/t10-/m0/s1. The van der Waals surface area contributed by atoms with Gasteiger partial charge in [-0.2, -0.15) is 0 Å². The first-order valence-corrected chi connectivity index (χ1v) is 7.43. The van der Waals surface area contributed by atoms with Crippen molar-refractivity contribution in [1.29, 1.82) is 0 Å². The number of carbonyl (C=O) groups excluding carboxylic acids is 1. The van der Waals surface area contributed by atoms with Crippen LogP contribution >= 0.6 is 0 Å². The molecule has 1 aromatic heterocycles. The van der Waals surface area contributed by atoms with E-state index in [1.807, 2.05) is 0 Å². The first-order chi connectivity index (χ1) is 12.0. The molecule has 1 heterocycles. The molecule has 25 heavy (non-hydrogen) atoms. The lowest BCUT2D eigenvalue weighted by Crippen LogP contribution is -2.27. The van der Waals surface area contributed by atoms with Crippen molar-refractivity contribution in [2.45, 2.75) is 13.0 Å². The highest BCUT2D eigenvalue weighted by Gasteiger charge is 2.18. The Labute approximate surface area is 141 Å². The average molecular weight is 346 g/mol. The summed E-state index contributed by atoms with van der Waals surface area (Å²) in [4.78, 5) is 12.2. The van der Waals surface area contributed by atoms with Gasteiger partial charge in [-0.15, -0.1) is 0 Å². The molecule has 128 valence electrons. The van der Waals surface area contributed by atoms with Gasteiger partial charge in [-0.05, 0) is 36.8 Å². The molecular formula is C18H13F3N2O2. The predicted octanol–water partition coefficient (Wildman–Crippen LogP) is 4.25. The third-order valence-corrected chi connectivity index (χ3v) is 3.67. The number of halogens is 3. The Bertz CT molecular complexity index is 924. The predicted molar refractivity (Wildman–Crippen MR) is 84.1 cm³/mol. The highest BCUT2D eigenvalue weighted by atomic mass is 19.2. The van der Waals surface area contributed by atoms with Crippen LogP contribution in [0.5, 0.6) is 0 Å². The van der Waals surface area contributed by atoms with E-state index in [4.69, 9.17) is 4.52 Å². The number of benzene rings is 2. The fourth-order valence-corrected chi connectivity index (χ4v) is 2.31. The van der Waals surface area contributed by atoms with Gasteiger partial charge in [-0.1, -0.05) is 23.4 Å². The summed E-state index contributed by atoms with van der Waals surface area (Å²) in [6, 6.07) is 10.0. The molecule has 0 radical (unpaired) electrons. The van der Waals surface area contributed by atoms with Gasteiger partial charge in [0.05, 0.1) is 11.6 Å². The Morgan fingerprint density at radius 2 is 1.80 bits per heavy atom. The van der Waals surface area contributed by atoms with Gasteiger partial charge in [0.15, 0.2) is 23.1 Å². The monoisotopic (exact) mass is 346 g/mol. The van der Waals surface area contributed by atoms with Gasteiger partial charge in [-0.3, -0.25) is 4.79 Å². The number of hydrogen-bond acceptors (Lipinski definition) is 3. The molecule has 1 amide bonds. The molecule has 0 aliphatic rings. The summed E-state index contributed by atoms with van der Waals surface area (Å²) in [5.74, 6) is -2.93. The average Bonchev–Trinajstić information content (AvgIpc) is 3.07. The number of rotatable bonds is 4. The van der Waals surface area contributed by atoms with Crippen LogP contribution in [0.4, 0.5) is 13.2 Å². The molecule has 4 nitrogen and oxygen atoms in total. The van der Waals surface area contributed by atoms with Gasteiger partial charge in [0.2, 0.25) is 0 Å². The van der Waals surface area contributed by atoms with Gasteiger partial charge >= 0.3 is 0 Å². The normalized spacial score (nSPS) is 12.0. The van der Waals surface area contributed by atoms with Crippen LogP contribution in [0.25, 0.3) is 11.3 Å². The Morgan fingerprint density at radius 3 is 2.52 bits per heavy atom. The summed E-state index contributed by atoms with van der Waals surface area (Å²) in [5.41, 5.74) is 0.528. The van der Waals surface area contributed by atoms with Gasteiger partial charge in [0.25, 0.3) is 5.91 Å². The van der Waals surface area contributed by atoms with Crippen molar-refractivity contribution < 1.29 is 22.5 Å². The molecule has 3 aromatic rings. The minimum Gasteiger partial charge on any atom is -0.355 e. The van der Waals surface area contributed by atoms with Gasteiger partial charge in [0, 0.05) is 6.07 Å². The van der Waals surface area contributed by atoms with Crippen LogP contribution in [0.15, 0.2) is 53.1 Å². The number of hydrogen-bond donors (Lipinski definition) is 1. The Balaban J connectivity index is 1.75. The molecule has 0 aliphatic heterocycles. The molecule has 2 aromatic carbocycles. The number of carbonyl (C=O) groups is 1. The maximum atomic E-state index is 13.7. The first kappa shape index (κ1) is 16.8. The van der Waals surface area contributed by atoms with E-state index in [0.29, 0.717) is 5.56 Å². The second-order valence-corrected chi connectivity index (χ2v) is 5.42. The zero-order valence-electron chi connectivity index (χ0n) is 13.1. The van der Waals surface area contributed by atoms with Gasteiger partial charge in [0.1, 0.15) is 5.82 Å². The summed E-state index contributed by atoms with van der Waals surface area (Å²) in [7, 11) is 0. The highest BCUT2D eigenvalue weighted by Crippen LogP contribution is 2.23. The zero-order valence-corrected chi connectivity index (χ0v) is 13.1. The van der Waals surface area contributed by atoms with E-state index in [-0.39, 0.29) is 17.0 Å². The van der Waals surface area contributed by atoms with Crippen LogP contribution in [-0.4, -0.2) is 11.1 Å². The van der Waals surface area contributed by atoms with Crippen molar-refractivity contribution in [3.63, 3.8) is 0 Å². The third-order valence-electron chi connectivity index (χ3n) is 3.67. The topological polar surface area (TPSA) is 55.1 Å². The molecule has 1 atom stereocenters. The molecule has 0 fully saturated rings. The zero-order chi connectivity index (χ0) is 18.0. The van der Waals surface area contributed by atoms with Crippen LogP contribution in [0.2, 0.25) is 0 Å². The van der Waals surface area contributed by atoms with Crippen molar-refractivity contribution in [2.75, 3.05) is 0 Å². The maximum Gasteiger partial charge on any atom is 0.273 e. The lowest BCUT2D eigenvalue weighted by Gasteiger charge is -2.13. The molecule has 3 rings (SSSR count). The fourth-order valence-electron chi connectivity index (χ4n) is 2.31. The SMILES string of the molecule is C[C@H](NC(=O)c1cc(-c2ccccc2F)on1)c1ccc(F)c(F)c1. The number of nitrogens with one attached hydrogen (secondary N) is 1. The summed E-state index contributed by atoms with van der Waals surface area (Å²) in [6.45, 7) is 1.61. The van der Waals surface area contributed by atoms with E-state index in [1.165, 1.54) is 30.3 Å². The summed E-state index contributed by atoms with van der Waals surface area (Å²) in [5, 5.41) is 6.22. The Hall–Kier alpha value is -3.09. The van der Waals surface area contributed by atoms with Crippen molar-refractivity contribution in [2.24, 2.45) is 0 Å². The first-order valence-electron chi connectivity index (χ1n) is 7.43. The van der Waals surface area contributed by atoms with Gasteiger partial charge < -0.3 is 9.84 Å². The number of nitrogens with zero attached hydrogens (tertiary/aromatic N) is 1. The van der Waals surface area contributed by atoms with E-state index in [9.17, 15) is 18.0 Å². The molecule has 0 aliphatic carbocycles. The lowest BCUT2D eigenvalue weighted by molar-refractivity contribution is 0.0930. The van der Waals surface area contributed by atoms with Crippen molar-refractivity contribution in [3.8, 4) is 11.3 Å². The quantitative estimate of drug-likeness (QED) is 0.768. The van der Waals surface area contributed by atoms with Gasteiger partial charge in [-0.25, -0.2) is 13.2 Å². The lowest BCUT2D eigenvalue weighted by atomic mass is 10.1. The van der Waals surface area contributed by atoms with Crippen LogP contribution in [-0.2, 0) is 0 Å². The second-order valence-electron chi connectivity index (χ2n) is 5.42. The van der Waals surface area contributed by atoms with Crippen molar-refractivity contribution >= 4 is 5.91 Å².